The summed E-state index contributed by atoms with van der Waals surface area (Å²) >= 11 is 0. The number of fused-ring (bicyclic) bond motifs is 1. The highest BCUT2D eigenvalue weighted by atomic mass is 15.2. The molecule has 1 aliphatic rings. The molecule has 7 nitrogen and oxygen atoms in total. The first-order valence-corrected chi connectivity index (χ1v) is 6.61. The Balaban J connectivity index is 1.69. The summed E-state index contributed by atoms with van der Waals surface area (Å²) in [6, 6.07) is 0. The van der Waals surface area contributed by atoms with Gasteiger partial charge in [-0.15, -0.1) is 0 Å². The van der Waals surface area contributed by atoms with E-state index >= 15 is 0 Å². The minimum atomic E-state index is 0.266. The standard InChI is InChI=1S/C12H19N7/c1-19-4-2-8(3-5-19)6-14-10-9-7-15-18-11(9)17-12(13)16-10/h7-8H,2-6H2,1H3,(H4,13,14,15,16,17,18). The number of nitrogens with one attached hydrogen (secondary N) is 2. The summed E-state index contributed by atoms with van der Waals surface area (Å²) < 4.78 is 0. The van der Waals surface area contributed by atoms with Gasteiger partial charge in [0.1, 0.15) is 5.82 Å². The van der Waals surface area contributed by atoms with Crippen LogP contribution in [0.1, 0.15) is 12.8 Å². The van der Waals surface area contributed by atoms with Crippen LogP contribution < -0.4 is 11.1 Å². The lowest BCUT2D eigenvalue weighted by Gasteiger charge is -2.29. The van der Waals surface area contributed by atoms with Crippen LogP contribution in [0.5, 0.6) is 0 Å². The van der Waals surface area contributed by atoms with Gasteiger partial charge in [0, 0.05) is 6.54 Å². The number of hydrogen-bond donors (Lipinski definition) is 3. The van der Waals surface area contributed by atoms with Crippen LogP contribution in [-0.2, 0) is 0 Å². The Kier molecular flexibility index (Phi) is 3.20. The lowest BCUT2D eigenvalue weighted by molar-refractivity contribution is 0.226. The Labute approximate surface area is 111 Å². The van der Waals surface area contributed by atoms with Crippen molar-refractivity contribution in [1.82, 2.24) is 25.1 Å². The summed E-state index contributed by atoms with van der Waals surface area (Å²) in [4.78, 5) is 10.7. The van der Waals surface area contributed by atoms with E-state index in [0.717, 1.165) is 17.7 Å². The number of anilines is 2. The minimum Gasteiger partial charge on any atom is -0.369 e. The van der Waals surface area contributed by atoms with Crippen LogP contribution in [0, 0.1) is 5.92 Å². The number of aromatic nitrogens is 4. The molecule has 0 saturated carbocycles. The topological polar surface area (TPSA) is 95.7 Å². The van der Waals surface area contributed by atoms with Gasteiger partial charge in [-0.05, 0) is 38.9 Å². The predicted octanol–water partition coefficient (Wildman–Crippen LogP) is 0.689. The third-order valence-electron chi connectivity index (χ3n) is 3.72. The molecule has 4 N–H and O–H groups in total. The first-order chi connectivity index (χ1) is 9.22. The van der Waals surface area contributed by atoms with E-state index in [1.165, 1.54) is 25.9 Å². The van der Waals surface area contributed by atoms with Crippen molar-refractivity contribution in [3.63, 3.8) is 0 Å². The molecule has 102 valence electrons. The highest BCUT2D eigenvalue weighted by Crippen LogP contribution is 2.21. The molecule has 3 heterocycles. The molecule has 19 heavy (non-hydrogen) atoms. The highest BCUT2D eigenvalue weighted by Gasteiger charge is 2.17. The Bertz CT molecular complexity index is 556. The molecule has 1 aliphatic heterocycles. The van der Waals surface area contributed by atoms with Crippen LogP contribution in [0.25, 0.3) is 11.0 Å². The number of piperidine rings is 1. The first kappa shape index (κ1) is 12.2. The van der Waals surface area contributed by atoms with E-state index in [9.17, 15) is 0 Å². The zero-order valence-electron chi connectivity index (χ0n) is 11.1. The van der Waals surface area contributed by atoms with Crippen LogP contribution in [0.2, 0.25) is 0 Å². The Morgan fingerprint density at radius 1 is 1.42 bits per heavy atom. The van der Waals surface area contributed by atoms with Gasteiger partial charge in [-0.25, -0.2) is 0 Å². The molecule has 0 atom stereocenters. The second-order valence-electron chi connectivity index (χ2n) is 5.19. The second-order valence-corrected chi connectivity index (χ2v) is 5.19. The van der Waals surface area contributed by atoms with Crippen LogP contribution in [-0.4, -0.2) is 51.7 Å². The number of rotatable bonds is 3. The monoisotopic (exact) mass is 261 g/mol. The van der Waals surface area contributed by atoms with Crippen LogP contribution in [0.4, 0.5) is 11.8 Å². The number of H-pyrrole nitrogens is 1. The van der Waals surface area contributed by atoms with Gasteiger partial charge in [-0.1, -0.05) is 0 Å². The zero-order chi connectivity index (χ0) is 13.2. The van der Waals surface area contributed by atoms with E-state index in [1.54, 1.807) is 6.20 Å². The third-order valence-corrected chi connectivity index (χ3v) is 3.72. The number of nitrogens with zero attached hydrogens (tertiary/aromatic N) is 4. The average Bonchev–Trinajstić information content (AvgIpc) is 2.85. The molecule has 2 aromatic rings. The maximum atomic E-state index is 5.69. The molecule has 0 aromatic carbocycles. The van der Waals surface area contributed by atoms with Crippen molar-refractivity contribution in [2.45, 2.75) is 12.8 Å². The number of nitrogen functional groups attached to an aromatic ring is 1. The molecule has 0 bridgehead atoms. The fraction of sp³-hybridized carbons (Fsp3) is 0.583. The van der Waals surface area contributed by atoms with E-state index in [1.807, 2.05) is 0 Å². The summed E-state index contributed by atoms with van der Waals surface area (Å²) in [7, 11) is 2.17. The van der Waals surface area contributed by atoms with E-state index in [4.69, 9.17) is 5.73 Å². The molecule has 1 fully saturated rings. The van der Waals surface area contributed by atoms with Crippen LogP contribution >= 0.6 is 0 Å². The van der Waals surface area contributed by atoms with Gasteiger partial charge < -0.3 is 16.0 Å². The van der Waals surface area contributed by atoms with Gasteiger partial charge in [0.25, 0.3) is 0 Å². The molecular weight excluding hydrogens is 242 g/mol. The summed E-state index contributed by atoms with van der Waals surface area (Å²) in [5, 5.41) is 11.1. The second kappa shape index (κ2) is 5.00. The Morgan fingerprint density at radius 3 is 3.00 bits per heavy atom. The van der Waals surface area contributed by atoms with Crippen molar-refractivity contribution < 1.29 is 0 Å². The summed E-state index contributed by atoms with van der Waals surface area (Å²) in [6.07, 6.45) is 4.17. The van der Waals surface area contributed by atoms with Crippen molar-refractivity contribution in [3.8, 4) is 0 Å². The normalized spacial score (nSPS) is 17.9. The quantitative estimate of drug-likeness (QED) is 0.752. The summed E-state index contributed by atoms with van der Waals surface area (Å²) in [6.45, 7) is 3.25. The molecule has 0 radical (unpaired) electrons. The van der Waals surface area contributed by atoms with Gasteiger partial charge in [0.15, 0.2) is 5.65 Å². The lowest BCUT2D eigenvalue weighted by Crippen LogP contribution is -2.33. The van der Waals surface area contributed by atoms with Gasteiger partial charge in [0.2, 0.25) is 5.95 Å². The molecule has 0 spiro atoms. The van der Waals surface area contributed by atoms with Gasteiger partial charge in [0.05, 0.1) is 11.6 Å². The summed E-state index contributed by atoms with van der Waals surface area (Å²) in [5.41, 5.74) is 6.37. The maximum absolute atomic E-state index is 5.69. The summed E-state index contributed by atoms with van der Waals surface area (Å²) in [5.74, 6) is 1.73. The Hall–Kier alpha value is -1.89. The Morgan fingerprint density at radius 2 is 2.21 bits per heavy atom. The van der Waals surface area contributed by atoms with E-state index < -0.39 is 0 Å². The maximum Gasteiger partial charge on any atom is 0.224 e. The average molecular weight is 261 g/mol. The number of likely N-dealkylation sites (tertiary alicyclic amines) is 1. The SMILES string of the molecule is CN1CCC(CNc2nc(N)nc3[nH]ncc23)CC1. The van der Waals surface area contributed by atoms with Crippen molar-refractivity contribution in [2.75, 3.05) is 37.7 Å². The van der Waals surface area contributed by atoms with Gasteiger partial charge in [-0.3, -0.25) is 5.10 Å². The van der Waals surface area contributed by atoms with Crippen molar-refractivity contribution in [1.29, 1.82) is 0 Å². The van der Waals surface area contributed by atoms with Gasteiger partial charge in [-0.2, -0.15) is 15.1 Å². The number of aromatic amines is 1. The van der Waals surface area contributed by atoms with Crippen LogP contribution in [0.15, 0.2) is 6.20 Å². The third kappa shape index (κ3) is 2.60. The molecule has 0 amide bonds. The first-order valence-electron chi connectivity index (χ1n) is 6.61. The number of nitrogens with two attached hydrogens (primary N) is 1. The minimum absolute atomic E-state index is 0.266. The molecule has 0 unspecified atom stereocenters. The molecule has 2 aromatic heterocycles. The van der Waals surface area contributed by atoms with E-state index in [0.29, 0.717) is 11.6 Å². The smallest absolute Gasteiger partial charge is 0.224 e. The van der Waals surface area contributed by atoms with Crippen molar-refractivity contribution in [2.24, 2.45) is 5.92 Å². The van der Waals surface area contributed by atoms with Gasteiger partial charge >= 0.3 is 0 Å². The van der Waals surface area contributed by atoms with Crippen molar-refractivity contribution >= 4 is 22.8 Å². The number of hydrogen-bond acceptors (Lipinski definition) is 6. The molecule has 0 aliphatic carbocycles. The highest BCUT2D eigenvalue weighted by molar-refractivity contribution is 5.86. The zero-order valence-corrected chi connectivity index (χ0v) is 11.1. The van der Waals surface area contributed by atoms with E-state index in [-0.39, 0.29) is 5.95 Å². The fourth-order valence-corrected chi connectivity index (χ4v) is 2.49. The molecule has 3 rings (SSSR count). The molecule has 7 heteroatoms. The molecule has 1 saturated heterocycles. The molecular formula is C12H19N7. The van der Waals surface area contributed by atoms with E-state index in [2.05, 4.69) is 37.4 Å². The fourth-order valence-electron chi connectivity index (χ4n) is 2.49. The lowest BCUT2D eigenvalue weighted by atomic mass is 9.97. The van der Waals surface area contributed by atoms with Crippen molar-refractivity contribution in [3.05, 3.63) is 6.20 Å². The predicted molar refractivity (Wildman–Crippen MR) is 74.8 cm³/mol. The largest absolute Gasteiger partial charge is 0.369 e. The van der Waals surface area contributed by atoms with Crippen LogP contribution in [0.3, 0.4) is 0 Å².